The van der Waals surface area contributed by atoms with E-state index in [4.69, 9.17) is 0 Å². The van der Waals surface area contributed by atoms with E-state index in [9.17, 15) is 0 Å². The van der Waals surface area contributed by atoms with Crippen molar-refractivity contribution in [3.63, 3.8) is 0 Å². The van der Waals surface area contributed by atoms with Gasteiger partial charge in [0.15, 0.2) is 0 Å². The summed E-state index contributed by atoms with van der Waals surface area (Å²) in [6.45, 7) is 2.16. The van der Waals surface area contributed by atoms with Crippen LogP contribution in [0.5, 0.6) is 0 Å². The van der Waals surface area contributed by atoms with Crippen molar-refractivity contribution < 1.29 is 0 Å². The number of rotatable bonds is 3. The first-order valence-corrected chi connectivity index (χ1v) is 7.84. The van der Waals surface area contributed by atoms with Gasteiger partial charge < -0.3 is 0 Å². The molecule has 0 aliphatic carbocycles. The number of nitrogens with zero attached hydrogens (tertiary/aromatic N) is 2. The number of hydrogen-bond acceptors (Lipinski definition) is 3. The van der Waals surface area contributed by atoms with Gasteiger partial charge in [-0.25, -0.2) is 4.98 Å². The average molecular weight is 333 g/mol. The molecule has 2 nitrogen and oxygen atoms in total. The molecule has 0 saturated heterocycles. The predicted molar refractivity (Wildman–Crippen MR) is 83.7 cm³/mol. The monoisotopic (exact) mass is 332 g/mol. The molecular formula is C15H13BrN2S. The van der Waals surface area contributed by atoms with E-state index in [2.05, 4.69) is 57.1 Å². The molecule has 2 aromatic heterocycles. The fourth-order valence-corrected chi connectivity index (χ4v) is 3.56. The van der Waals surface area contributed by atoms with Crippen molar-refractivity contribution in [2.45, 2.75) is 19.8 Å². The number of aryl methyl sites for hydroxylation is 1. The van der Waals surface area contributed by atoms with E-state index in [0.29, 0.717) is 0 Å². The molecule has 0 spiro atoms. The molecule has 96 valence electrons. The lowest BCUT2D eigenvalue weighted by Crippen LogP contribution is -1.93. The third-order valence-electron chi connectivity index (χ3n) is 3.02. The molecule has 19 heavy (non-hydrogen) atoms. The first-order valence-electron chi connectivity index (χ1n) is 6.23. The van der Waals surface area contributed by atoms with Crippen molar-refractivity contribution >= 4 is 37.5 Å². The van der Waals surface area contributed by atoms with Gasteiger partial charge >= 0.3 is 0 Å². The summed E-state index contributed by atoms with van der Waals surface area (Å²) in [5, 5.41) is 1.12. The van der Waals surface area contributed by atoms with Gasteiger partial charge in [-0.3, -0.25) is 4.98 Å². The third-order valence-corrected chi connectivity index (χ3v) is 4.53. The van der Waals surface area contributed by atoms with Crippen LogP contribution in [-0.4, -0.2) is 9.97 Å². The second kappa shape index (κ2) is 5.39. The minimum atomic E-state index is 0.810. The van der Waals surface area contributed by atoms with E-state index in [-0.39, 0.29) is 0 Å². The number of aromatic nitrogens is 2. The highest BCUT2D eigenvalue weighted by molar-refractivity contribution is 9.10. The molecule has 0 saturated carbocycles. The van der Waals surface area contributed by atoms with Gasteiger partial charge in [0.1, 0.15) is 0 Å². The Balaban J connectivity index is 1.92. The molecular weight excluding hydrogens is 320 g/mol. The van der Waals surface area contributed by atoms with Gasteiger partial charge in [0.2, 0.25) is 0 Å². The molecule has 0 atom stereocenters. The van der Waals surface area contributed by atoms with Gasteiger partial charge in [-0.15, -0.1) is 11.3 Å². The molecule has 0 radical (unpaired) electrons. The molecule has 0 fully saturated rings. The minimum Gasteiger partial charge on any atom is -0.261 e. The van der Waals surface area contributed by atoms with Gasteiger partial charge in [0.05, 0.1) is 15.2 Å². The van der Waals surface area contributed by atoms with Crippen molar-refractivity contribution in [3.05, 3.63) is 57.3 Å². The largest absolute Gasteiger partial charge is 0.261 e. The van der Waals surface area contributed by atoms with Crippen LogP contribution >= 0.6 is 27.3 Å². The Morgan fingerprint density at radius 3 is 2.95 bits per heavy atom. The van der Waals surface area contributed by atoms with Crippen LogP contribution in [0.15, 0.2) is 41.0 Å². The van der Waals surface area contributed by atoms with Crippen molar-refractivity contribution in [2.75, 3.05) is 0 Å². The fourth-order valence-electron chi connectivity index (χ4n) is 2.02. The SMILES string of the molecule is CCc1ccnc(Cc2nc3ccc(Br)cc3s2)c1. The highest BCUT2D eigenvalue weighted by Crippen LogP contribution is 2.26. The van der Waals surface area contributed by atoms with E-state index in [1.54, 1.807) is 11.3 Å². The molecule has 2 heterocycles. The summed E-state index contributed by atoms with van der Waals surface area (Å²) in [5.41, 5.74) is 3.49. The van der Waals surface area contributed by atoms with E-state index in [0.717, 1.165) is 33.5 Å². The Kier molecular flexibility index (Phi) is 3.62. The molecule has 0 aliphatic rings. The van der Waals surface area contributed by atoms with Crippen LogP contribution in [0.3, 0.4) is 0 Å². The van der Waals surface area contributed by atoms with Gasteiger partial charge in [-0.2, -0.15) is 0 Å². The quantitative estimate of drug-likeness (QED) is 0.700. The van der Waals surface area contributed by atoms with Crippen molar-refractivity contribution in [1.82, 2.24) is 9.97 Å². The third kappa shape index (κ3) is 2.85. The standard InChI is InChI=1S/C15H13BrN2S/c1-2-10-5-6-17-12(7-10)9-15-18-13-4-3-11(16)8-14(13)19-15/h3-8H,2,9H2,1H3. The zero-order valence-corrected chi connectivity index (χ0v) is 13.0. The van der Waals surface area contributed by atoms with Gasteiger partial charge in [0, 0.05) is 22.8 Å². The summed E-state index contributed by atoms with van der Waals surface area (Å²) in [7, 11) is 0. The fraction of sp³-hybridized carbons (Fsp3) is 0.200. The topological polar surface area (TPSA) is 25.8 Å². The van der Waals surface area contributed by atoms with Crippen molar-refractivity contribution in [3.8, 4) is 0 Å². The Morgan fingerprint density at radius 1 is 1.21 bits per heavy atom. The van der Waals surface area contributed by atoms with Gasteiger partial charge in [-0.1, -0.05) is 22.9 Å². The van der Waals surface area contributed by atoms with Crippen LogP contribution in [-0.2, 0) is 12.8 Å². The number of fused-ring (bicyclic) bond motifs is 1. The van der Waals surface area contributed by atoms with E-state index < -0.39 is 0 Å². The molecule has 0 bridgehead atoms. The van der Waals surface area contributed by atoms with Gasteiger partial charge in [0.25, 0.3) is 0 Å². The second-order valence-corrected chi connectivity index (χ2v) is 6.44. The van der Waals surface area contributed by atoms with Crippen LogP contribution in [0.1, 0.15) is 23.2 Å². The van der Waals surface area contributed by atoms with Crippen molar-refractivity contribution in [2.24, 2.45) is 0 Å². The molecule has 4 heteroatoms. The normalized spacial score (nSPS) is 11.1. The number of halogens is 1. The Morgan fingerprint density at radius 2 is 2.11 bits per heavy atom. The zero-order chi connectivity index (χ0) is 13.2. The van der Waals surface area contributed by atoms with E-state index >= 15 is 0 Å². The predicted octanol–water partition coefficient (Wildman–Crippen LogP) is 4.61. The molecule has 1 aromatic carbocycles. The maximum Gasteiger partial charge on any atom is 0.0998 e. The maximum absolute atomic E-state index is 4.66. The van der Waals surface area contributed by atoms with Crippen LogP contribution in [0.4, 0.5) is 0 Å². The number of benzene rings is 1. The zero-order valence-electron chi connectivity index (χ0n) is 10.6. The summed E-state index contributed by atoms with van der Waals surface area (Å²) in [6, 6.07) is 10.4. The Labute approximate surface area is 124 Å². The van der Waals surface area contributed by atoms with E-state index in [1.807, 2.05) is 12.3 Å². The summed E-state index contributed by atoms with van der Waals surface area (Å²) >= 11 is 5.23. The molecule has 0 N–H and O–H groups in total. The smallest absolute Gasteiger partial charge is 0.0998 e. The second-order valence-electron chi connectivity index (χ2n) is 4.41. The molecule has 0 amide bonds. The summed E-state index contributed by atoms with van der Waals surface area (Å²) in [5.74, 6) is 0. The van der Waals surface area contributed by atoms with Gasteiger partial charge in [-0.05, 0) is 42.3 Å². The molecule has 3 aromatic rings. The lowest BCUT2D eigenvalue weighted by atomic mass is 10.1. The maximum atomic E-state index is 4.66. The molecule has 0 unspecified atom stereocenters. The van der Waals surface area contributed by atoms with Crippen LogP contribution in [0.2, 0.25) is 0 Å². The van der Waals surface area contributed by atoms with Crippen LogP contribution in [0, 0.1) is 0 Å². The molecule has 0 aliphatic heterocycles. The highest BCUT2D eigenvalue weighted by atomic mass is 79.9. The highest BCUT2D eigenvalue weighted by Gasteiger charge is 2.06. The average Bonchev–Trinajstić information content (AvgIpc) is 2.80. The lowest BCUT2D eigenvalue weighted by Gasteiger charge is -2.00. The van der Waals surface area contributed by atoms with Crippen LogP contribution < -0.4 is 0 Å². The number of thiazole rings is 1. The van der Waals surface area contributed by atoms with Crippen molar-refractivity contribution in [1.29, 1.82) is 0 Å². The Bertz CT molecular complexity index is 721. The number of hydrogen-bond donors (Lipinski definition) is 0. The Hall–Kier alpha value is -1.26. The van der Waals surface area contributed by atoms with E-state index in [1.165, 1.54) is 10.3 Å². The lowest BCUT2D eigenvalue weighted by molar-refractivity contribution is 1.02. The summed E-state index contributed by atoms with van der Waals surface area (Å²) < 4.78 is 2.32. The minimum absolute atomic E-state index is 0.810. The summed E-state index contributed by atoms with van der Waals surface area (Å²) in [6.07, 6.45) is 3.74. The summed E-state index contributed by atoms with van der Waals surface area (Å²) in [4.78, 5) is 9.09. The first-order chi connectivity index (χ1) is 9.24. The first kappa shape index (κ1) is 12.8. The molecule has 3 rings (SSSR count). The number of pyridine rings is 1. The van der Waals surface area contributed by atoms with Crippen LogP contribution in [0.25, 0.3) is 10.2 Å².